The van der Waals surface area contributed by atoms with E-state index in [4.69, 9.17) is 4.84 Å². The Hall–Kier alpha value is -0.640. The fraction of sp³-hybridized carbons (Fsp3) is 0.444. The number of hydrogen-bond acceptors (Lipinski definition) is 15. The van der Waals surface area contributed by atoms with Gasteiger partial charge in [0, 0.05) is 42.9 Å². The van der Waals surface area contributed by atoms with Crippen LogP contribution in [0.25, 0.3) is 0 Å². The van der Waals surface area contributed by atoms with Crippen molar-refractivity contribution in [3.63, 3.8) is 0 Å². The van der Waals surface area contributed by atoms with Crippen molar-refractivity contribution < 1.29 is 88.3 Å². The molecule has 1 atom stereocenters. The molecular weight excluding hydrogens is 577 g/mol. The molecule has 2 rings (SSSR count). The number of nitrogens with one attached hydrogen (secondary N) is 1. The van der Waals surface area contributed by atoms with E-state index in [0.717, 1.165) is 0 Å². The maximum atomic E-state index is 12.0. The molecule has 0 spiro atoms. The summed E-state index contributed by atoms with van der Waals surface area (Å²) in [4.78, 5) is 52.7. The van der Waals surface area contributed by atoms with E-state index < -0.39 is 37.9 Å². The molecule has 20 heteroatoms. The topological polar surface area (TPSA) is 215 Å². The number of nitrogens with zero attached hydrogens (tertiary/aromatic N) is 1. The molecule has 1 fully saturated rings. The predicted molar refractivity (Wildman–Crippen MR) is 133 cm³/mol. The number of carbonyl (C=O) groups excluding carboxylic acids is 4. The smallest absolute Gasteiger partial charge is 0.691 e. The molecule has 0 aromatic heterocycles. The third kappa shape index (κ3) is 12.3. The van der Waals surface area contributed by atoms with E-state index in [1.165, 1.54) is 39.8 Å². The van der Waals surface area contributed by atoms with E-state index in [-0.39, 0.29) is 78.0 Å². The minimum atomic E-state index is -1.80. The van der Waals surface area contributed by atoms with Gasteiger partial charge in [0.05, 0.1) is 6.42 Å². The van der Waals surface area contributed by atoms with Crippen molar-refractivity contribution in [3.05, 3.63) is 23.8 Å². The number of carbonyl (C=O) groups is 4. The number of hydrogen-bond donors (Lipinski definition) is 5. The molecule has 5 N–H and O–H groups in total. The Labute approximate surface area is 252 Å². The first-order chi connectivity index (χ1) is 17.6. The van der Waals surface area contributed by atoms with Gasteiger partial charge >= 0.3 is 43.8 Å². The van der Waals surface area contributed by atoms with E-state index in [1.54, 1.807) is 0 Å². The number of rotatable bonds is 17. The number of benzene rings is 1. The molecule has 38 heavy (non-hydrogen) atoms. The number of Topliss-reactive ketones (excluding diaryl/α,β-unsaturated/α-hetero) is 1. The Morgan fingerprint density at radius 2 is 1.66 bits per heavy atom. The molecule has 14 nitrogen and oxygen atoms in total. The maximum Gasteiger partial charge on any atom is 1.00 e. The second-order valence-corrected chi connectivity index (χ2v) is 11.0. The Balaban J connectivity index is 0.00000722. The van der Waals surface area contributed by atoms with Crippen LogP contribution in [0.1, 0.15) is 24.8 Å². The van der Waals surface area contributed by atoms with Gasteiger partial charge in [-0.2, -0.15) is 9.40 Å². The van der Waals surface area contributed by atoms with Crippen LogP contribution in [0.15, 0.2) is 18.2 Å². The van der Waals surface area contributed by atoms with Crippen molar-refractivity contribution >= 4 is 82.3 Å². The number of ketones is 1. The zero-order chi connectivity index (χ0) is 27.4. The van der Waals surface area contributed by atoms with Gasteiger partial charge < -0.3 is 30.7 Å². The van der Waals surface area contributed by atoms with Gasteiger partial charge in [-0.3, -0.25) is 29.1 Å². The molecule has 0 radical (unpaired) electrons. The molecule has 0 aliphatic carbocycles. The molecule has 1 aliphatic heterocycles. The molecule has 3 amide bonds. The Morgan fingerprint density at radius 1 is 1.05 bits per heavy atom. The van der Waals surface area contributed by atoms with Crippen molar-refractivity contribution in [2.45, 2.75) is 31.1 Å². The van der Waals surface area contributed by atoms with Crippen LogP contribution in [0.4, 0.5) is 0 Å². The Bertz CT molecular complexity index is 939. The van der Waals surface area contributed by atoms with Crippen LogP contribution in [0.3, 0.4) is 0 Å². The molecule has 0 bridgehead atoms. The molecule has 1 aliphatic rings. The van der Waals surface area contributed by atoms with Crippen molar-refractivity contribution in [2.24, 2.45) is 0 Å². The molecular formula is C18H23B2N2NaO12S3. The van der Waals surface area contributed by atoms with Crippen LogP contribution in [0.2, 0.25) is 0 Å². The van der Waals surface area contributed by atoms with Gasteiger partial charge in [0.15, 0.2) is 5.78 Å². The minimum Gasteiger partial charge on any atom is -0.691 e. The first-order valence-electron chi connectivity index (χ1n) is 10.6. The molecule has 1 aromatic carbocycles. The van der Waals surface area contributed by atoms with Gasteiger partial charge in [-0.25, -0.2) is 0 Å². The van der Waals surface area contributed by atoms with Gasteiger partial charge in [-0.15, -0.1) is 0 Å². The van der Waals surface area contributed by atoms with Crippen LogP contribution < -0.4 is 51.1 Å². The molecule has 1 saturated heterocycles. The predicted octanol–water partition coefficient (Wildman–Crippen LogP) is -6.67. The summed E-state index contributed by atoms with van der Waals surface area (Å²) in [5, 5.41) is 52.4. The average Bonchev–Trinajstić information content (AvgIpc) is 3.13. The summed E-state index contributed by atoms with van der Waals surface area (Å²) >= 11 is 0.379. The minimum absolute atomic E-state index is 0. The number of amides is 3. The molecule has 1 unspecified atom stereocenters. The van der Waals surface area contributed by atoms with Crippen molar-refractivity contribution in [3.8, 4) is 0 Å². The second-order valence-electron chi connectivity index (χ2n) is 7.44. The van der Waals surface area contributed by atoms with Gasteiger partial charge in [0.2, 0.25) is 5.91 Å². The van der Waals surface area contributed by atoms with Crippen molar-refractivity contribution in [1.29, 1.82) is 0 Å². The Morgan fingerprint density at radius 3 is 2.24 bits per heavy atom. The largest absolute Gasteiger partial charge is 1.00 e. The SMILES string of the molecule is O=C(CCSSCCC(=O)NCc1cc(B(O)O)cc(B(O)O)c1)CON1C(=O)CC(SOO[O-])C1=O.[Na+]. The van der Waals surface area contributed by atoms with E-state index in [2.05, 4.69) is 14.7 Å². The first kappa shape index (κ1) is 35.4. The number of imide groups is 1. The van der Waals surface area contributed by atoms with Crippen LogP contribution in [0, 0.1) is 0 Å². The van der Waals surface area contributed by atoms with E-state index in [0.29, 0.717) is 34.2 Å². The molecule has 202 valence electrons. The van der Waals surface area contributed by atoms with Crippen LogP contribution in [-0.4, -0.2) is 86.3 Å². The monoisotopic (exact) mass is 600 g/mol. The van der Waals surface area contributed by atoms with E-state index in [9.17, 15) is 44.5 Å². The van der Waals surface area contributed by atoms with E-state index >= 15 is 0 Å². The quantitative estimate of drug-likeness (QED) is 0.0214. The third-order valence-corrected chi connectivity index (χ3v) is 7.83. The zero-order valence-corrected chi connectivity index (χ0v) is 24.6. The fourth-order valence-corrected chi connectivity index (χ4v) is 5.45. The Kier molecular flexibility index (Phi) is 17.4. The average molecular weight is 600 g/mol. The normalized spacial score (nSPS) is 14.9. The number of hydroxylamine groups is 2. The fourth-order valence-electron chi connectivity index (χ4n) is 2.91. The van der Waals surface area contributed by atoms with Gasteiger partial charge in [-0.05, 0) is 16.5 Å². The summed E-state index contributed by atoms with van der Waals surface area (Å²) in [7, 11) is -0.883. The first-order valence-corrected chi connectivity index (χ1v) is 13.9. The van der Waals surface area contributed by atoms with E-state index in [1.807, 2.05) is 0 Å². The van der Waals surface area contributed by atoms with Crippen molar-refractivity contribution in [1.82, 2.24) is 10.4 Å². The van der Waals surface area contributed by atoms with Gasteiger partial charge in [-0.1, -0.05) is 39.8 Å². The maximum absolute atomic E-state index is 12.0. The molecule has 1 heterocycles. The van der Waals surface area contributed by atoms with Crippen LogP contribution in [0.5, 0.6) is 0 Å². The summed E-state index contributed by atoms with van der Waals surface area (Å²) in [5.74, 6) is -1.19. The second kappa shape index (κ2) is 18.7. The van der Waals surface area contributed by atoms with Crippen molar-refractivity contribution in [2.75, 3.05) is 18.1 Å². The molecule has 1 aromatic rings. The summed E-state index contributed by atoms with van der Waals surface area (Å²) in [5.41, 5.74) is 0.578. The van der Waals surface area contributed by atoms with Crippen LogP contribution in [-0.2, 0) is 39.9 Å². The molecule has 0 saturated carbocycles. The van der Waals surface area contributed by atoms with Gasteiger partial charge in [0.25, 0.3) is 11.8 Å². The summed E-state index contributed by atoms with van der Waals surface area (Å²) in [6.07, 6.45) is 0.0234. The summed E-state index contributed by atoms with van der Waals surface area (Å²) < 4.78 is 4.04. The zero-order valence-electron chi connectivity index (χ0n) is 20.1. The van der Waals surface area contributed by atoms with Gasteiger partial charge in [0.1, 0.15) is 11.9 Å². The third-order valence-electron chi connectivity index (χ3n) is 4.68. The standard InChI is InChI=1S/C18H24B2N2O12S3.Na/c23-14(10-32-22-17(25)8-15(18(22)26)37-34-33-31)1-3-35-36-4-2-16(24)21-9-11-5-12(19(27)28)7-13(6-11)20(29)30;/h5-7,15,27-31H,1-4,8-10H2,(H,21,24);/q;+1/p-1. The summed E-state index contributed by atoms with van der Waals surface area (Å²) in [6.45, 7) is -0.433. The summed E-state index contributed by atoms with van der Waals surface area (Å²) in [6, 6.07) is 4.08. The van der Waals surface area contributed by atoms with Crippen LogP contribution >= 0.6 is 33.6 Å².